The Bertz CT molecular complexity index is 1860. The van der Waals surface area contributed by atoms with Crippen molar-refractivity contribution in [3.8, 4) is 11.1 Å². The molecule has 3 unspecified atom stereocenters. The molecule has 4 aromatic rings. The van der Waals surface area contributed by atoms with Crippen LogP contribution in [-0.2, 0) is 16.7 Å². The topological polar surface area (TPSA) is 14.2 Å². The van der Waals surface area contributed by atoms with Crippen LogP contribution in [0.2, 0.25) is 0 Å². The van der Waals surface area contributed by atoms with Crippen molar-refractivity contribution < 1.29 is 4.74 Å². The van der Waals surface area contributed by atoms with Crippen LogP contribution in [0.4, 0.5) is 0 Å². The highest BCUT2D eigenvalue weighted by atomic mass is 16.5. The van der Waals surface area contributed by atoms with Crippen LogP contribution in [0.5, 0.6) is 0 Å². The van der Waals surface area contributed by atoms with Gasteiger partial charge in [-0.2, -0.15) is 0 Å². The van der Waals surface area contributed by atoms with Crippen LogP contribution < -0.4 is 0 Å². The quantitative estimate of drug-likeness (QED) is 0.213. The smallest absolute Gasteiger partial charge is 0.131 e. The summed E-state index contributed by atoms with van der Waals surface area (Å²) in [7, 11) is 0. The van der Waals surface area contributed by atoms with E-state index in [-0.39, 0.29) is 11.1 Å². The average molecular weight is 494 g/mol. The first-order chi connectivity index (χ1) is 18.6. The second-order valence-electron chi connectivity index (χ2n) is 12.3. The number of rotatable bonds is 1. The Morgan fingerprint density at radius 1 is 0.842 bits per heavy atom. The van der Waals surface area contributed by atoms with E-state index in [0.717, 1.165) is 37.9 Å². The molecule has 1 aliphatic heterocycles. The van der Waals surface area contributed by atoms with Gasteiger partial charge in [-0.15, -0.1) is 0 Å². The van der Waals surface area contributed by atoms with Crippen molar-refractivity contribution in [2.45, 2.75) is 57.1 Å². The fourth-order valence-electron chi connectivity index (χ4n) is 8.36. The molecular formula is C36H31NO. The number of fused-ring (bicyclic) bond motifs is 9. The number of ether oxygens (including phenoxy) is 1. The number of hydrogen-bond acceptors (Lipinski definition) is 1. The maximum absolute atomic E-state index is 6.60. The molecule has 9 rings (SSSR count). The second-order valence-corrected chi connectivity index (χ2v) is 12.3. The number of allylic oxidation sites excluding steroid dienone is 4. The Morgan fingerprint density at radius 2 is 1.74 bits per heavy atom. The van der Waals surface area contributed by atoms with Crippen LogP contribution >= 0.6 is 0 Å². The zero-order chi connectivity index (χ0) is 25.2. The second kappa shape index (κ2) is 6.99. The number of hydrogen-bond donors (Lipinski definition) is 0. The SMILES string of the molecule is CC12C=CC(C)(n3c4ccccc4c4ccc5c(c43)C3=CCCc4cccc-5c43)CC1C1=C(C=CCC1)O2. The fourth-order valence-corrected chi connectivity index (χ4v) is 8.36. The average Bonchev–Trinajstić information content (AvgIpc) is 3.56. The summed E-state index contributed by atoms with van der Waals surface area (Å²) in [6.45, 7) is 4.74. The highest BCUT2D eigenvalue weighted by Crippen LogP contribution is 2.56. The molecule has 0 bridgehead atoms. The summed E-state index contributed by atoms with van der Waals surface area (Å²) in [6.07, 6.45) is 17.3. The Labute approximate surface area is 223 Å². The minimum Gasteiger partial charge on any atom is -0.483 e. The van der Waals surface area contributed by atoms with Gasteiger partial charge in [0.25, 0.3) is 0 Å². The zero-order valence-electron chi connectivity index (χ0n) is 22.1. The van der Waals surface area contributed by atoms with Crippen LogP contribution in [-0.4, -0.2) is 10.2 Å². The molecule has 4 aliphatic carbocycles. The molecule has 0 fully saturated rings. The first kappa shape index (κ1) is 21.2. The predicted octanol–water partition coefficient (Wildman–Crippen LogP) is 8.84. The molecule has 0 saturated heterocycles. The van der Waals surface area contributed by atoms with Crippen LogP contribution in [0, 0.1) is 5.92 Å². The fraction of sp³-hybridized carbons (Fsp3) is 0.278. The van der Waals surface area contributed by atoms with Crippen LogP contribution in [0.25, 0.3) is 38.5 Å². The molecule has 3 atom stereocenters. The van der Waals surface area contributed by atoms with Crippen molar-refractivity contribution in [1.29, 1.82) is 0 Å². The molecular weight excluding hydrogens is 462 g/mol. The van der Waals surface area contributed by atoms with Gasteiger partial charge in [0.15, 0.2) is 0 Å². The van der Waals surface area contributed by atoms with E-state index in [1.807, 2.05) is 0 Å². The number of nitrogens with zero attached hydrogens (tertiary/aromatic N) is 1. The maximum Gasteiger partial charge on any atom is 0.131 e. The first-order valence-electron chi connectivity index (χ1n) is 14.2. The molecule has 0 radical (unpaired) electrons. The third kappa shape index (κ3) is 2.49. The maximum atomic E-state index is 6.60. The molecule has 0 saturated carbocycles. The summed E-state index contributed by atoms with van der Waals surface area (Å²) in [6, 6.07) is 20.7. The Morgan fingerprint density at radius 3 is 2.68 bits per heavy atom. The normalized spacial score (nSPS) is 28.3. The lowest BCUT2D eigenvalue weighted by molar-refractivity contribution is 0.0389. The van der Waals surface area contributed by atoms with Gasteiger partial charge in [-0.25, -0.2) is 0 Å². The monoisotopic (exact) mass is 493 g/mol. The highest BCUT2D eigenvalue weighted by Gasteiger charge is 2.51. The Balaban J connectivity index is 1.35. The Kier molecular flexibility index (Phi) is 3.90. The van der Waals surface area contributed by atoms with Crippen molar-refractivity contribution in [3.05, 3.63) is 113 Å². The summed E-state index contributed by atoms with van der Waals surface area (Å²) in [5.41, 5.74) is 12.5. The largest absolute Gasteiger partial charge is 0.483 e. The van der Waals surface area contributed by atoms with Gasteiger partial charge < -0.3 is 9.30 Å². The Hall–Kier alpha value is -3.78. The van der Waals surface area contributed by atoms with Crippen LogP contribution in [0.3, 0.4) is 0 Å². The molecule has 186 valence electrons. The van der Waals surface area contributed by atoms with Gasteiger partial charge in [0.2, 0.25) is 0 Å². The number of benzene rings is 3. The number of aromatic nitrogens is 1. The predicted molar refractivity (Wildman–Crippen MR) is 156 cm³/mol. The van der Waals surface area contributed by atoms with Crippen molar-refractivity contribution in [1.82, 2.24) is 4.57 Å². The standard InChI is InChI=1S/C36H31NO/c1-35(19-20-36(2)29(21-35)27-12-4-6-16-31(27)38-36)37-30-15-5-3-11-23(30)26-18-17-25-24-13-7-9-22-10-8-14-28(32(22)24)33(25)34(26)37/h3,5-7,9,11,13-20,29H,4,8,10,12,21H2,1-2H3. The molecule has 3 aromatic carbocycles. The van der Waals surface area contributed by atoms with Crippen molar-refractivity contribution >= 4 is 27.4 Å². The molecule has 2 nitrogen and oxygen atoms in total. The minimum atomic E-state index is -0.253. The molecule has 0 N–H and O–H groups in total. The van der Waals surface area contributed by atoms with E-state index in [2.05, 4.69) is 103 Å². The van der Waals surface area contributed by atoms with E-state index >= 15 is 0 Å². The minimum absolute atomic E-state index is 0.166. The summed E-state index contributed by atoms with van der Waals surface area (Å²) in [5.74, 6) is 1.51. The van der Waals surface area contributed by atoms with Gasteiger partial charge >= 0.3 is 0 Å². The van der Waals surface area contributed by atoms with Crippen molar-refractivity contribution in [2.24, 2.45) is 5.92 Å². The van der Waals surface area contributed by atoms with E-state index in [4.69, 9.17) is 4.74 Å². The van der Waals surface area contributed by atoms with Crippen molar-refractivity contribution in [3.63, 3.8) is 0 Å². The molecule has 0 spiro atoms. The lowest BCUT2D eigenvalue weighted by atomic mass is 9.70. The van der Waals surface area contributed by atoms with E-state index in [0.29, 0.717) is 5.92 Å². The van der Waals surface area contributed by atoms with Gasteiger partial charge in [0, 0.05) is 27.8 Å². The van der Waals surface area contributed by atoms with E-state index in [9.17, 15) is 0 Å². The van der Waals surface area contributed by atoms with E-state index in [1.54, 1.807) is 0 Å². The van der Waals surface area contributed by atoms with Gasteiger partial charge in [0.1, 0.15) is 11.4 Å². The first-order valence-corrected chi connectivity index (χ1v) is 14.2. The number of aryl methyl sites for hydroxylation is 1. The summed E-state index contributed by atoms with van der Waals surface area (Å²) < 4.78 is 9.30. The lowest BCUT2D eigenvalue weighted by Crippen LogP contribution is -2.43. The molecule has 5 aliphatic rings. The molecule has 1 aromatic heterocycles. The van der Waals surface area contributed by atoms with E-state index < -0.39 is 0 Å². The molecule has 0 amide bonds. The third-order valence-electron chi connectivity index (χ3n) is 10.1. The van der Waals surface area contributed by atoms with Gasteiger partial charge in [-0.3, -0.25) is 0 Å². The van der Waals surface area contributed by atoms with Crippen molar-refractivity contribution in [2.75, 3.05) is 0 Å². The van der Waals surface area contributed by atoms with Crippen LogP contribution in [0.15, 0.2) is 96.3 Å². The highest BCUT2D eigenvalue weighted by molar-refractivity contribution is 6.18. The number of para-hydroxylation sites is 1. The summed E-state index contributed by atoms with van der Waals surface area (Å²) >= 11 is 0. The van der Waals surface area contributed by atoms with Gasteiger partial charge in [-0.1, -0.05) is 66.8 Å². The van der Waals surface area contributed by atoms with Crippen LogP contribution in [0.1, 0.15) is 56.2 Å². The van der Waals surface area contributed by atoms with E-state index in [1.165, 1.54) is 60.8 Å². The summed E-state index contributed by atoms with van der Waals surface area (Å²) in [4.78, 5) is 0. The molecule has 2 heteroatoms. The van der Waals surface area contributed by atoms with Gasteiger partial charge in [-0.05, 0) is 97.6 Å². The zero-order valence-corrected chi connectivity index (χ0v) is 22.1. The lowest BCUT2D eigenvalue weighted by Gasteiger charge is -2.42. The summed E-state index contributed by atoms with van der Waals surface area (Å²) in [5, 5.41) is 2.72. The van der Waals surface area contributed by atoms with Gasteiger partial charge in [0.05, 0.1) is 11.1 Å². The third-order valence-corrected chi connectivity index (χ3v) is 10.1. The molecule has 2 heterocycles. The molecule has 38 heavy (non-hydrogen) atoms.